The molecule has 0 unspecified atom stereocenters. The number of carboxylic acid groups (broad SMARTS) is 1. The molecule has 0 spiro atoms. The number of carboxylic acids is 1. The van der Waals surface area contributed by atoms with Gasteiger partial charge in [0, 0.05) is 48.3 Å². The summed E-state index contributed by atoms with van der Waals surface area (Å²) in [6.07, 6.45) is 2.96. The molecule has 2 N–H and O–H groups in total. The van der Waals surface area contributed by atoms with Crippen LogP contribution in [0.25, 0.3) is 10.9 Å². The molecule has 0 radical (unpaired) electrons. The number of nitrogens with one attached hydrogen (secondary N) is 1. The fourth-order valence-corrected chi connectivity index (χ4v) is 2.68. The van der Waals surface area contributed by atoms with Gasteiger partial charge in [0.1, 0.15) is 0 Å². The van der Waals surface area contributed by atoms with Crippen molar-refractivity contribution >= 4 is 22.6 Å². The molecule has 3 aromatic rings. The van der Waals surface area contributed by atoms with Gasteiger partial charge in [0.05, 0.1) is 0 Å². The van der Waals surface area contributed by atoms with E-state index in [-0.39, 0.29) is 6.42 Å². The summed E-state index contributed by atoms with van der Waals surface area (Å²) < 4.78 is 2.09. The highest BCUT2D eigenvalue weighted by molar-refractivity contribution is 6.10. The third-order valence-corrected chi connectivity index (χ3v) is 4.15. The number of aliphatic carboxylic acids is 1. The molecule has 3 rings (SSSR count). The van der Waals surface area contributed by atoms with Gasteiger partial charge in [-0.25, -0.2) is 0 Å². The Bertz CT molecular complexity index is 910. The number of hydrogen-bond acceptors (Lipinski definition) is 2. The highest BCUT2D eigenvalue weighted by Gasteiger charge is 2.11. The number of para-hydroxylation sites is 1. The van der Waals surface area contributed by atoms with Crippen LogP contribution in [-0.2, 0) is 18.3 Å². The van der Waals surface area contributed by atoms with Crippen LogP contribution in [0.2, 0.25) is 0 Å². The molecule has 0 aliphatic heterocycles. The van der Waals surface area contributed by atoms with Crippen LogP contribution in [0.15, 0.2) is 67.9 Å². The largest absolute Gasteiger partial charge is 0.481 e. The molecule has 1 aromatic heterocycles. The van der Waals surface area contributed by atoms with Crippen LogP contribution in [0, 0.1) is 12.3 Å². The first-order valence-corrected chi connectivity index (χ1v) is 8.82. The second kappa shape index (κ2) is 10.8. The number of aryl methyl sites for hydroxylation is 2. The Labute approximate surface area is 161 Å². The van der Waals surface area contributed by atoms with E-state index < -0.39 is 5.97 Å². The third-order valence-electron chi connectivity index (χ3n) is 4.15. The molecule has 4 nitrogen and oxygen atoms in total. The lowest BCUT2D eigenvalue weighted by molar-refractivity contribution is -0.136. The van der Waals surface area contributed by atoms with Crippen molar-refractivity contribution in [2.24, 2.45) is 7.05 Å². The average Bonchev–Trinajstić information content (AvgIpc) is 3.03. The zero-order valence-corrected chi connectivity index (χ0v) is 16.3. The number of carbonyl (C=O) groups is 1. The molecule has 0 saturated heterocycles. The van der Waals surface area contributed by atoms with Crippen LogP contribution in [0.4, 0.5) is 0 Å². The Morgan fingerprint density at radius 2 is 1.67 bits per heavy atom. The SMILES string of the molecule is C=C.CCC(=O)O.Cc1ccccc1CC(=N)c1cn(C)c2ccccc12. The van der Waals surface area contributed by atoms with Gasteiger partial charge in [0.15, 0.2) is 0 Å². The van der Waals surface area contributed by atoms with E-state index in [4.69, 9.17) is 10.5 Å². The lowest BCUT2D eigenvalue weighted by atomic mass is 9.99. The fraction of sp³-hybridized carbons (Fsp3) is 0.217. The Balaban J connectivity index is 0.000000454. The topological polar surface area (TPSA) is 66.1 Å². The maximum Gasteiger partial charge on any atom is 0.303 e. The molecule has 0 amide bonds. The van der Waals surface area contributed by atoms with Crippen LogP contribution in [0.1, 0.15) is 30.0 Å². The van der Waals surface area contributed by atoms with Crippen LogP contribution in [0.3, 0.4) is 0 Å². The molecule has 142 valence electrons. The first-order chi connectivity index (χ1) is 12.9. The van der Waals surface area contributed by atoms with Crippen molar-refractivity contribution in [1.29, 1.82) is 5.41 Å². The van der Waals surface area contributed by atoms with Gasteiger partial charge in [-0.3, -0.25) is 4.79 Å². The zero-order chi connectivity index (χ0) is 20.4. The molecule has 0 atom stereocenters. The van der Waals surface area contributed by atoms with E-state index in [9.17, 15) is 4.79 Å². The number of benzene rings is 2. The first-order valence-electron chi connectivity index (χ1n) is 8.82. The maximum absolute atomic E-state index is 9.37. The van der Waals surface area contributed by atoms with Crippen molar-refractivity contribution in [1.82, 2.24) is 4.57 Å². The summed E-state index contributed by atoms with van der Waals surface area (Å²) in [5, 5.41) is 17.3. The first kappa shape index (κ1) is 21.9. The van der Waals surface area contributed by atoms with Crippen molar-refractivity contribution in [2.45, 2.75) is 26.7 Å². The molecule has 0 bridgehead atoms. The molecule has 0 saturated carbocycles. The number of hydrogen-bond donors (Lipinski definition) is 2. The van der Waals surface area contributed by atoms with E-state index in [1.54, 1.807) is 6.92 Å². The summed E-state index contributed by atoms with van der Waals surface area (Å²) in [4.78, 5) is 9.37. The Morgan fingerprint density at radius 1 is 1.11 bits per heavy atom. The van der Waals surface area contributed by atoms with Crippen LogP contribution >= 0.6 is 0 Å². The summed E-state index contributed by atoms with van der Waals surface area (Å²) in [6.45, 7) is 9.70. The standard InChI is InChI=1S/C18H18N2.C3H6O2.C2H4/c1-13-7-3-4-8-14(13)11-17(19)16-12-20(2)18-10-6-5-9-15(16)18;1-2-3(4)5;1-2/h3-10,12,19H,11H2,1-2H3;2H2,1H3,(H,4,5);1-2H2. The minimum atomic E-state index is -0.745. The predicted octanol–water partition coefficient (Wildman–Crippen LogP) is 5.38. The molecular weight excluding hydrogens is 336 g/mol. The van der Waals surface area contributed by atoms with E-state index in [1.165, 1.54) is 16.6 Å². The molecule has 0 aliphatic rings. The lowest BCUT2D eigenvalue weighted by Crippen LogP contribution is -2.04. The predicted molar refractivity (Wildman–Crippen MR) is 114 cm³/mol. The van der Waals surface area contributed by atoms with E-state index in [2.05, 4.69) is 55.1 Å². The monoisotopic (exact) mass is 364 g/mol. The molecule has 27 heavy (non-hydrogen) atoms. The summed E-state index contributed by atoms with van der Waals surface area (Å²) in [7, 11) is 2.03. The van der Waals surface area contributed by atoms with Crippen LogP contribution in [-0.4, -0.2) is 21.4 Å². The molecular formula is C23H28N2O2. The highest BCUT2D eigenvalue weighted by atomic mass is 16.4. The summed E-state index contributed by atoms with van der Waals surface area (Å²) in [5.41, 5.74) is 5.36. The maximum atomic E-state index is 9.37. The number of aromatic nitrogens is 1. The minimum Gasteiger partial charge on any atom is -0.481 e. The Hall–Kier alpha value is -3.14. The van der Waals surface area contributed by atoms with Crippen LogP contribution in [0.5, 0.6) is 0 Å². The smallest absolute Gasteiger partial charge is 0.303 e. The molecule has 2 aromatic carbocycles. The average molecular weight is 364 g/mol. The van der Waals surface area contributed by atoms with Crippen molar-refractivity contribution in [3.8, 4) is 0 Å². The van der Waals surface area contributed by atoms with Crippen molar-refractivity contribution < 1.29 is 9.90 Å². The van der Waals surface area contributed by atoms with Crippen molar-refractivity contribution in [2.75, 3.05) is 0 Å². The third kappa shape index (κ3) is 5.96. The fourth-order valence-electron chi connectivity index (χ4n) is 2.68. The van der Waals surface area contributed by atoms with Crippen molar-refractivity contribution in [3.05, 3.63) is 84.6 Å². The van der Waals surface area contributed by atoms with Gasteiger partial charge in [0.2, 0.25) is 0 Å². The lowest BCUT2D eigenvalue weighted by Gasteiger charge is -2.06. The van der Waals surface area contributed by atoms with Crippen LogP contribution < -0.4 is 0 Å². The van der Waals surface area contributed by atoms with Gasteiger partial charge in [-0.1, -0.05) is 49.4 Å². The van der Waals surface area contributed by atoms with Gasteiger partial charge in [-0.15, -0.1) is 13.2 Å². The van der Waals surface area contributed by atoms with Gasteiger partial charge in [-0.05, 0) is 24.1 Å². The van der Waals surface area contributed by atoms with Gasteiger partial charge in [0.25, 0.3) is 0 Å². The van der Waals surface area contributed by atoms with Crippen molar-refractivity contribution in [3.63, 3.8) is 0 Å². The van der Waals surface area contributed by atoms with Gasteiger partial charge >= 0.3 is 5.97 Å². The second-order valence-corrected chi connectivity index (χ2v) is 6.00. The summed E-state index contributed by atoms with van der Waals surface area (Å²) >= 11 is 0. The number of nitrogens with zero attached hydrogens (tertiary/aromatic N) is 1. The van der Waals surface area contributed by atoms with E-state index in [0.717, 1.165) is 10.9 Å². The Kier molecular flexibility index (Phi) is 8.73. The van der Waals surface area contributed by atoms with Gasteiger partial charge < -0.3 is 15.1 Å². The zero-order valence-electron chi connectivity index (χ0n) is 16.3. The normalized spacial score (nSPS) is 9.59. The molecule has 0 aliphatic carbocycles. The summed E-state index contributed by atoms with van der Waals surface area (Å²) in [6, 6.07) is 16.6. The van der Waals surface area contributed by atoms with E-state index in [1.807, 2.05) is 31.3 Å². The summed E-state index contributed by atoms with van der Waals surface area (Å²) in [5.74, 6) is -0.745. The quantitative estimate of drug-likeness (QED) is 0.482. The van der Waals surface area contributed by atoms with Gasteiger partial charge in [-0.2, -0.15) is 0 Å². The minimum absolute atomic E-state index is 0.222. The molecule has 4 heteroatoms. The number of rotatable bonds is 4. The van der Waals surface area contributed by atoms with E-state index >= 15 is 0 Å². The molecule has 1 heterocycles. The molecule has 0 fully saturated rings. The Morgan fingerprint density at radius 3 is 2.26 bits per heavy atom. The van der Waals surface area contributed by atoms with E-state index in [0.29, 0.717) is 12.1 Å². The number of fused-ring (bicyclic) bond motifs is 1. The second-order valence-electron chi connectivity index (χ2n) is 6.00. The highest BCUT2D eigenvalue weighted by Crippen LogP contribution is 2.22.